The highest BCUT2D eigenvalue weighted by Gasteiger charge is 2.19. The van der Waals surface area contributed by atoms with Crippen LogP contribution in [0.15, 0.2) is 39.5 Å². The van der Waals surface area contributed by atoms with Gasteiger partial charge in [-0.15, -0.1) is 0 Å². The van der Waals surface area contributed by atoms with E-state index in [0.29, 0.717) is 22.8 Å². The number of hydrogen-bond acceptors (Lipinski definition) is 5. The normalized spacial score (nSPS) is 12.0. The minimum atomic E-state index is -0.613. The molecule has 7 heteroatoms. The first-order valence-electron chi connectivity index (χ1n) is 9.90. The lowest BCUT2D eigenvalue weighted by atomic mass is 10.0. The number of aryl methyl sites for hydroxylation is 2. The van der Waals surface area contributed by atoms with Gasteiger partial charge in [0.25, 0.3) is 5.91 Å². The number of carbonyl (C=O) groups is 1. The fourth-order valence-electron chi connectivity index (χ4n) is 3.24. The van der Waals surface area contributed by atoms with Gasteiger partial charge in [0.2, 0.25) is 0 Å². The zero-order valence-electron chi connectivity index (χ0n) is 17.2. The maximum absolute atomic E-state index is 12.8. The Morgan fingerprint density at radius 2 is 2.07 bits per heavy atom. The summed E-state index contributed by atoms with van der Waals surface area (Å²) in [6.45, 7) is 7.84. The molecule has 3 aromatic rings. The molecular weight excluding hydrogens is 368 g/mol. The summed E-state index contributed by atoms with van der Waals surface area (Å²) >= 11 is 0. The number of anilines is 1. The summed E-state index contributed by atoms with van der Waals surface area (Å²) in [6, 6.07) is 8.98. The molecule has 0 fully saturated rings. The molecule has 1 aromatic carbocycles. The molecular formula is C22H26N4O3. The molecule has 1 atom stereocenters. The summed E-state index contributed by atoms with van der Waals surface area (Å²) in [5, 5.41) is 9.85. The van der Waals surface area contributed by atoms with E-state index in [4.69, 9.17) is 4.42 Å². The van der Waals surface area contributed by atoms with E-state index < -0.39 is 11.5 Å². The molecule has 0 aliphatic rings. The van der Waals surface area contributed by atoms with Crippen LogP contribution in [0.1, 0.15) is 67.0 Å². The average molecular weight is 394 g/mol. The molecule has 2 aromatic heterocycles. The summed E-state index contributed by atoms with van der Waals surface area (Å²) < 4.78 is 5.43. The molecule has 0 saturated carbocycles. The first-order chi connectivity index (χ1) is 13.9. The van der Waals surface area contributed by atoms with Gasteiger partial charge < -0.3 is 9.73 Å². The van der Waals surface area contributed by atoms with Crippen LogP contribution >= 0.6 is 0 Å². The average Bonchev–Trinajstić information content (AvgIpc) is 3.17. The van der Waals surface area contributed by atoms with Crippen molar-refractivity contribution in [3.05, 3.63) is 63.5 Å². The Kier molecular flexibility index (Phi) is 6.26. The van der Waals surface area contributed by atoms with Crippen LogP contribution in [0.25, 0.3) is 11.4 Å². The molecule has 2 N–H and O–H groups in total. The Hall–Kier alpha value is -3.22. The summed E-state index contributed by atoms with van der Waals surface area (Å²) in [5.74, 6) is 1.61. The number of amides is 1. The van der Waals surface area contributed by atoms with Crippen LogP contribution in [0.4, 0.5) is 5.69 Å². The molecule has 0 spiro atoms. The second kappa shape index (κ2) is 8.86. The molecule has 0 bridgehead atoms. The van der Waals surface area contributed by atoms with Crippen LogP contribution in [-0.2, 0) is 6.42 Å². The molecule has 0 radical (unpaired) electrons. The van der Waals surface area contributed by atoms with Gasteiger partial charge in [-0.1, -0.05) is 39.3 Å². The largest absolute Gasteiger partial charge is 0.427 e. The Morgan fingerprint density at radius 3 is 2.72 bits per heavy atom. The number of aromatic amines is 1. The Labute approximate surface area is 169 Å². The third kappa shape index (κ3) is 4.62. The van der Waals surface area contributed by atoms with Crippen LogP contribution in [0.5, 0.6) is 0 Å². The van der Waals surface area contributed by atoms with Crippen molar-refractivity contribution < 1.29 is 9.21 Å². The minimum absolute atomic E-state index is 0.0222. The first-order valence-corrected chi connectivity index (χ1v) is 9.90. The Morgan fingerprint density at radius 1 is 1.28 bits per heavy atom. The third-order valence-corrected chi connectivity index (χ3v) is 4.85. The van der Waals surface area contributed by atoms with Crippen molar-refractivity contribution in [2.75, 3.05) is 5.32 Å². The smallest absolute Gasteiger partial charge is 0.349 e. The third-order valence-electron chi connectivity index (χ3n) is 4.85. The second-order valence-corrected chi connectivity index (χ2v) is 7.18. The molecule has 1 amide bonds. The zero-order chi connectivity index (χ0) is 21.0. The standard InChI is InChI=1S/C22H26N4O3/c1-5-8-13(3)17-11-14(4)19(22(28)29-17)21(27)23-16-10-7-9-15(12-16)20-24-18(6-2)25-26-20/h7,9-13H,5-6,8H2,1-4H3,(H,23,27)(H,24,25,26). The summed E-state index contributed by atoms with van der Waals surface area (Å²) in [7, 11) is 0. The zero-order valence-corrected chi connectivity index (χ0v) is 17.2. The molecule has 0 saturated heterocycles. The van der Waals surface area contributed by atoms with Crippen molar-refractivity contribution in [1.29, 1.82) is 0 Å². The number of rotatable bonds is 7. The Balaban J connectivity index is 1.83. The first kappa shape index (κ1) is 20.5. The van der Waals surface area contributed by atoms with E-state index in [-0.39, 0.29) is 11.5 Å². The van der Waals surface area contributed by atoms with E-state index in [1.54, 1.807) is 31.2 Å². The summed E-state index contributed by atoms with van der Waals surface area (Å²) in [4.78, 5) is 29.6. The van der Waals surface area contributed by atoms with Gasteiger partial charge in [-0.3, -0.25) is 9.89 Å². The maximum Gasteiger partial charge on any atom is 0.349 e. The highest BCUT2D eigenvalue weighted by Crippen LogP contribution is 2.23. The maximum atomic E-state index is 12.8. The monoisotopic (exact) mass is 394 g/mol. The number of benzene rings is 1. The van der Waals surface area contributed by atoms with E-state index >= 15 is 0 Å². The van der Waals surface area contributed by atoms with Crippen LogP contribution < -0.4 is 10.9 Å². The van der Waals surface area contributed by atoms with Crippen LogP contribution in [0, 0.1) is 6.92 Å². The van der Waals surface area contributed by atoms with Crippen LogP contribution in [-0.4, -0.2) is 21.1 Å². The van der Waals surface area contributed by atoms with E-state index in [0.717, 1.165) is 30.7 Å². The highest BCUT2D eigenvalue weighted by atomic mass is 16.4. The van der Waals surface area contributed by atoms with Gasteiger partial charge in [0.1, 0.15) is 17.1 Å². The number of H-pyrrole nitrogens is 1. The fourth-order valence-corrected chi connectivity index (χ4v) is 3.24. The van der Waals surface area contributed by atoms with Crippen molar-refractivity contribution in [2.24, 2.45) is 0 Å². The van der Waals surface area contributed by atoms with Crippen LogP contribution in [0.3, 0.4) is 0 Å². The SMILES string of the molecule is CCCC(C)c1cc(C)c(C(=O)Nc2cccc(-c3n[nH]c(CC)n3)c2)c(=O)o1. The van der Waals surface area contributed by atoms with Crippen molar-refractivity contribution >= 4 is 11.6 Å². The molecule has 3 rings (SSSR count). The molecule has 0 aliphatic heterocycles. The van der Waals surface area contributed by atoms with Crippen molar-refractivity contribution in [3.8, 4) is 11.4 Å². The molecule has 152 valence electrons. The predicted octanol–water partition coefficient (Wildman–Crippen LogP) is 4.45. The van der Waals surface area contributed by atoms with E-state index in [2.05, 4.69) is 27.4 Å². The van der Waals surface area contributed by atoms with Crippen LogP contribution in [0.2, 0.25) is 0 Å². The second-order valence-electron chi connectivity index (χ2n) is 7.18. The quantitative estimate of drug-likeness (QED) is 0.616. The van der Waals surface area contributed by atoms with E-state index in [1.807, 2.05) is 19.9 Å². The van der Waals surface area contributed by atoms with Crippen molar-refractivity contribution in [1.82, 2.24) is 15.2 Å². The van der Waals surface area contributed by atoms with E-state index in [1.165, 1.54) is 0 Å². The van der Waals surface area contributed by atoms with Gasteiger partial charge in [-0.2, -0.15) is 5.10 Å². The molecule has 1 unspecified atom stereocenters. The number of carbonyl (C=O) groups excluding carboxylic acids is 1. The van der Waals surface area contributed by atoms with Gasteiger partial charge in [-0.05, 0) is 37.1 Å². The topological polar surface area (TPSA) is 101 Å². The number of nitrogens with zero attached hydrogens (tertiary/aromatic N) is 2. The fraction of sp³-hybridized carbons (Fsp3) is 0.364. The highest BCUT2D eigenvalue weighted by molar-refractivity contribution is 6.05. The predicted molar refractivity (Wildman–Crippen MR) is 112 cm³/mol. The number of nitrogens with one attached hydrogen (secondary N) is 2. The Bertz CT molecular complexity index is 1070. The molecule has 2 heterocycles. The van der Waals surface area contributed by atoms with Gasteiger partial charge in [-0.25, -0.2) is 9.78 Å². The van der Waals surface area contributed by atoms with Crippen molar-refractivity contribution in [2.45, 2.75) is 52.9 Å². The number of hydrogen-bond donors (Lipinski definition) is 2. The summed E-state index contributed by atoms with van der Waals surface area (Å²) in [6.07, 6.45) is 2.67. The van der Waals surface area contributed by atoms with E-state index in [9.17, 15) is 9.59 Å². The lowest BCUT2D eigenvalue weighted by molar-refractivity contribution is 0.102. The van der Waals surface area contributed by atoms with Gasteiger partial charge >= 0.3 is 5.63 Å². The van der Waals surface area contributed by atoms with Gasteiger partial charge in [0, 0.05) is 23.6 Å². The molecule has 29 heavy (non-hydrogen) atoms. The lowest BCUT2D eigenvalue weighted by Gasteiger charge is -2.12. The summed E-state index contributed by atoms with van der Waals surface area (Å²) in [5.41, 5.74) is 1.34. The minimum Gasteiger partial charge on any atom is -0.427 e. The molecule has 0 aliphatic carbocycles. The van der Waals surface area contributed by atoms with Gasteiger partial charge in [0.15, 0.2) is 5.82 Å². The molecule has 7 nitrogen and oxygen atoms in total. The number of aromatic nitrogens is 3. The van der Waals surface area contributed by atoms with Crippen molar-refractivity contribution in [3.63, 3.8) is 0 Å². The lowest BCUT2D eigenvalue weighted by Crippen LogP contribution is -2.23. The van der Waals surface area contributed by atoms with Gasteiger partial charge in [0.05, 0.1) is 0 Å².